The molecule has 0 spiro atoms. The number of para-hydroxylation sites is 1. The van der Waals surface area contributed by atoms with Gasteiger partial charge in [-0.3, -0.25) is 0 Å². The second kappa shape index (κ2) is 11.3. The number of nitrogens with zero attached hydrogens (tertiary/aromatic N) is 2. The molecule has 0 unspecified atom stereocenters. The zero-order valence-corrected chi connectivity index (χ0v) is 19.1. The first-order valence-corrected chi connectivity index (χ1v) is 9.80. The number of anilines is 2. The molecule has 0 atom stereocenters. The number of aliphatic imine (C=N–C) groups is 1. The van der Waals surface area contributed by atoms with Crippen LogP contribution < -0.4 is 16.0 Å². The van der Waals surface area contributed by atoms with Crippen molar-refractivity contribution in [3.05, 3.63) is 59.2 Å². The normalized spacial score (nSPS) is 14.5. The Bertz CT molecular complexity index is 748. The predicted molar refractivity (Wildman–Crippen MR) is 129 cm³/mol. The van der Waals surface area contributed by atoms with Gasteiger partial charge >= 0.3 is 0 Å². The van der Waals surface area contributed by atoms with Crippen molar-refractivity contribution in [3.8, 4) is 0 Å². The van der Waals surface area contributed by atoms with Crippen LogP contribution in [0.1, 0.15) is 30.5 Å². The van der Waals surface area contributed by atoms with E-state index >= 15 is 0 Å². The summed E-state index contributed by atoms with van der Waals surface area (Å²) in [4.78, 5) is 6.88. The fourth-order valence-electron chi connectivity index (χ4n) is 3.38. The van der Waals surface area contributed by atoms with Gasteiger partial charge in [-0.1, -0.05) is 44.2 Å². The van der Waals surface area contributed by atoms with Crippen LogP contribution in [-0.4, -0.2) is 32.3 Å². The predicted octanol–water partition coefficient (Wildman–Crippen LogP) is 4.19. The highest BCUT2D eigenvalue weighted by Gasteiger charge is 2.11. The fraction of sp³-hybridized carbons (Fsp3) is 0.409. The van der Waals surface area contributed by atoms with Crippen LogP contribution in [0.15, 0.2) is 47.5 Å². The molecule has 152 valence electrons. The third kappa shape index (κ3) is 5.85. The second-order valence-corrected chi connectivity index (χ2v) is 6.75. The molecule has 1 aliphatic rings. The number of hydrogen-bond donors (Lipinski definition) is 2. The molecule has 0 bridgehead atoms. The van der Waals surface area contributed by atoms with Crippen LogP contribution >= 0.6 is 24.0 Å². The van der Waals surface area contributed by atoms with Crippen molar-refractivity contribution in [1.82, 2.24) is 0 Å². The van der Waals surface area contributed by atoms with Crippen molar-refractivity contribution in [2.45, 2.75) is 33.2 Å². The smallest absolute Gasteiger partial charge is 0.193 e. The van der Waals surface area contributed by atoms with Crippen molar-refractivity contribution in [3.63, 3.8) is 0 Å². The lowest BCUT2D eigenvalue weighted by Crippen LogP contribution is -2.36. The Morgan fingerprint density at radius 1 is 1.04 bits per heavy atom. The van der Waals surface area contributed by atoms with E-state index in [9.17, 15) is 0 Å². The summed E-state index contributed by atoms with van der Waals surface area (Å²) in [7, 11) is 0. The number of nitrogens with one attached hydrogen (secondary N) is 1. The van der Waals surface area contributed by atoms with Crippen LogP contribution in [-0.2, 0) is 24.1 Å². The molecule has 28 heavy (non-hydrogen) atoms. The molecule has 1 heterocycles. The van der Waals surface area contributed by atoms with E-state index in [0.717, 1.165) is 50.4 Å². The van der Waals surface area contributed by atoms with Gasteiger partial charge in [0.15, 0.2) is 5.96 Å². The number of hydrogen-bond acceptors (Lipinski definition) is 3. The first kappa shape index (κ1) is 22.5. The Morgan fingerprint density at radius 2 is 1.64 bits per heavy atom. The molecular formula is C22H31IN4O. The monoisotopic (exact) mass is 494 g/mol. The zero-order chi connectivity index (χ0) is 19.1. The SMILES string of the molecule is CCc1cccc(CC)c1NC(N)=NCc1ccc(N2CCOCC2)cc1.I. The van der Waals surface area contributed by atoms with Gasteiger partial charge in [0.2, 0.25) is 0 Å². The largest absolute Gasteiger partial charge is 0.378 e. The molecule has 0 amide bonds. The Labute approximate surface area is 185 Å². The molecule has 0 radical (unpaired) electrons. The van der Waals surface area contributed by atoms with Gasteiger partial charge < -0.3 is 20.7 Å². The van der Waals surface area contributed by atoms with Crippen molar-refractivity contribution in [2.24, 2.45) is 10.7 Å². The number of guanidine groups is 1. The molecule has 0 saturated carbocycles. The van der Waals surface area contributed by atoms with E-state index in [1.54, 1.807) is 0 Å². The first-order chi connectivity index (χ1) is 13.2. The fourth-order valence-corrected chi connectivity index (χ4v) is 3.38. The van der Waals surface area contributed by atoms with E-state index in [0.29, 0.717) is 12.5 Å². The molecular weight excluding hydrogens is 463 g/mol. The lowest BCUT2D eigenvalue weighted by atomic mass is 10.0. The van der Waals surface area contributed by atoms with Gasteiger partial charge in [-0.15, -0.1) is 24.0 Å². The van der Waals surface area contributed by atoms with Gasteiger partial charge in [-0.2, -0.15) is 0 Å². The summed E-state index contributed by atoms with van der Waals surface area (Å²) in [5, 5.41) is 3.32. The summed E-state index contributed by atoms with van der Waals surface area (Å²) in [5.41, 5.74) is 12.2. The molecule has 0 aromatic heterocycles. The third-order valence-corrected chi connectivity index (χ3v) is 5.00. The van der Waals surface area contributed by atoms with Crippen LogP contribution in [0.2, 0.25) is 0 Å². The molecule has 6 heteroatoms. The zero-order valence-electron chi connectivity index (χ0n) is 16.8. The summed E-state index contributed by atoms with van der Waals surface area (Å²) < 4.78 is 5.41. The van der Waals surface area contributed by atoms with Crippen LogP contribution in [0.3, 0.4) is 0 Å². The van der Waals surface area contributed by atoms with Gasteiger partial charge in [0, 0.05) is 24.5 Å². The Hall–Kier alpha value is -1.80. The summed E-state index contributed by atoms with van der Waals surface area (Å²) in [6.07, 6.45) is 1.93. The molecule has 5 nitrogen and oxygen atoms in total. The van der Waals surface area contributed by atoms with Crippen molar-refractivity contribution in [1.29, 1.82) is 0 Å². The maximum atomic E-state index is 6.16. The van der Waals surface area contributed by atoms with Crippen molar-refractivity contribution >= 4 is 41.3 Å². The highest BCUT2D eigenvalue weighted by molar-refractivity contribution is 14.0. The van der Waals surface area contributed by atoms with Crippen LogP contribution in [0.5, 0.6) is 0 Å². The summed E-state index contributed by atoms with van der Waals surface area (Å²) in [5.74, 6) is 0.461. The van der Waals surface area contributed by atoms with Crippen molar-refractivity contribution < 1.29 is 4.74 Å². The quantitative estimate of drug-likeness (QED) is 0.359. The van der Waals surface area contributed by atoms with E-state index in [2.05, 4.69) is 71.5 Å². The second-order valence-electron chi connectivity index (χ2n) is 6.75. The average Bonchev–Trinajstić information content (AvgIpc) is 2.73. The number of rotatable bonds is 6. The van der Waals surface area contributed by atoms with Gasteiger partial charge in [0.25, 0.3) is 0 Å². The average molecular weight is 494 g/mol. The van der Waals surface area contributed by atoms with Crippen LogP contribution in [0.4, 0.5) is 11.4 Å². The van der Waals surface area contributed by atoms with E-state index in [-0.39, 0.29) is 24.0 Å². The Kier molecular flexibility index (Phi) is 9.05. The number of halogens is 1. The lowest BCUT2D eigenvalue weighted by Gasteiger charge is -2.28. The molecule has 1 aliphatic heterocycles. The molecule has 0 aliphatic carbocycles. The minimum absolute atomic E-state index is 0. The lowest BCUT2D eigenvalue weighted by molar-refractivity contribution is 0.122. The van der Waals surface area contributed by atoms with Gasteiger partial charge in [-0.05, 0) is 41.7 Å². The number of aryl methyl sites for hydroxylation is 2. The molecule has 1 saturated heterocycles. The minimum Gasteiger partial charge on any atom is -0.378 e. The van der Waals surface area contributed by atoms with Gasteiger partial charge in [-0.25, -0.2) is 4.99 Å². The molecule has 2 aromatic rings. The van der Waals surface area contributed by atoms with Gasteiger partial charge in [0.05, 0.1) is 19.8 Å². The van der Waals surface area contributed by atoms with Gasteiger partial charge in [0.1, 0.15) is 0 Å². The first-order valence-electron chi connectivity index (χ1n) is 9.80. The van der Waals surface area contributed by atoms with Crippen LogP contribution in [0, 0.1) is 0 Å². The number of nitrogens with two attached hydrogens (primary N) is 1. The number of benzene rings is 2. The van der Waals surface area contributed by atoms with Crippen LogP contribution in [0.25, 0.3) is 0 Å². The minimum atomic E-state index is 0. The molecule has 3 N–H and O–H groups in total. The van der Waals surface area contributed by atoms with Crippen molar-refractivity contribution in [2.75, 3.05) is 36.5 Å². The Balaban J connectivity index is 0.00000280. The topological polar surface area (TPSA) is 62.9 Å². The molecule has 3 rings (SSSR count). The van der Waals surface area contributed by atoms with E-state index < -0.39 is 0 Å². The summed E-state index contributed by atoms with van der Waals surface area (Å²) >= 11 is 0. The molecule has 1 fully saturated rings. The summed E-state index contributed by atoms with van der Waals surface area (Å²) in [6, 6.07) is 14.9. The Morgan fingerprint density at radius 3 is 2.21 bits per heavy atom. The maximum absolute atomic E-state index is 6.16. The standard InChI is InChI=1S/C22H30N4O.HI/c1-3-18-6-5-7-19(4-2)21(18)25-22(23)24-16-17-8-10-20(11-9-17)26-12-14-27-15-13-26;/h5-11H,3-4,12-16H2,1-2H3,(H3,23,24,25);1H. The number of ether oxygens (including phenoxy) is 1. The molecule has 2 aromatic carbocycles. The van der Waals surface area contributed by atoms with E-state index in [1.165, 1.54) is 16.8 Å². The van der Waals surface area contributed by atoms with E-state index in [1.807, 2.05) is 0 Å². The maximum Gasteiger partial charge on any atom is 0.193 e. The van der Waals surface area contributed by atoms with E-state index in [4.69, 9.17) is 10.5 Å². The highest BCUT2D eigenvalue weighted by Crippen LogP contribution is 2.22. The number of morpholine rings is 1. The highest BCUT2D eigenvalue weighted by atomic mass is 127. The third-order valence-electron chi connectivity index (χ3n) is 5.00. The summed E-state index contributed by atoms with van der Waals surface area (Å²) in [6.45, 7) is 8.38.